The molecule has 0 fully saturated rings. The molecule has 0 unspecified atom stereocenters. The quantitative estimate of drug-likeness (QED) is 0.723. The third kappa shape index (κ3) is 4.26. The molecule has 21 heavy (non-hydrogen) atoms. The zero-order valence-corrected chi connectivity index (χ0v) is 12.3. The van der Waals surface area contributed by atoms with Crippen LogP contribution in [-0.2, 0) is 14.8 Å². The maximum absolute atomic E-state index is 13.3. The van der Waals surface area contributed by atoms with E-state index in [-0.39, 0.29) is 23.5 Å². The van der Waals surface area contributed by atoms with Crippen LogP contribution >= 0.6 is 0 Å². The van der Waals surface area contributed by atoms with Gasteiger partial charge in [-0.3, -0.25) is 4.79 Å². The van der Waals surface area contributed by atoms with E-state index in [4.69, 9.17) is 11.5 Å². The van der Waals surface area contributed by atoms with Crippen molar-refractivity contribution in [1.29, 1.82) is 0 Å². The minimum absolute atomic E-state index is 0.00871. The Balaban J connectivity index is 3.39. The van der Waals surface area contributed by atoms with Crippen LogP contribution < -0.4 is 11.5 Å². The van der Waals surface area contributed by atoms with E-state index < -0.39 is 28.3 Å². The summed E-state index contributed by atoms with van der Waals surface area (Å²) >= 11 is 0. The summed E-state index contributed by atoms with van der Waals surface area (Å²) in [6.45, 7) is 1.16. The Bertz CT molecular complexity index is 692. The molecule has 0 saturated heterocycles. The zero-order valence-electron chi connectivity index (χ0n) is 11.5. The van der Waals surface area contributed by atoms with Crippen LogP contribution in [-0.4, -0.2) is 38.3 Å². The molecule has 1 aromatic rings. The van der Waals surface area contributed by atoms with E-state index in [1.165, 1.54) is 0 Å². The minimum Gasteiger partial charge on any atom is -0.369 e. The molecule has 114 valence electrons. The molecule has 8 heteroatoms. The lowest BCUT2D eigenvalue weighted by Gasteiger charge is -2.19. The number of hydrogen-bond donors (Lipinski definition) is 2. The zero-order chi connectivity index (χ0) is 16.0. The molecule has 0 radical (unpaired) electrons. The van der Waals surface area contributed by atoms with E-state index in [0.717, 1.165) is 22.5 Å². The summed E-state index contributed by atoms with van der Waals surface area (Å²) < 4.78 is 39.2. The second-order valence-corrected chi connectivity index (χ2v) is 5.95. The molecule has 0 heterocycles. The van der Waals surface area contributed by atoms with Crippen molar-refractivity contribution in [3.05, 3.63) is 29.6 Å². The van der Waals surface area contributed by atoms with E-state index in [1.807, 2.05) is 0 Å². The third-order valence-electron chi connectivity index (χ3n) is 2.57. The Labute approximate surface area is 123 Å². The maximum Gasteiger partial charge on any atom is 0.244 e. The van der Waals surface area contributed by atoms with Crippen molar-refractivity contribution in [2.75, 3.05) is 19.6 Å². The number of carbonyl (C=O) groups is 1. The minimum atomic E-state index is -4.00. The smallest absolute Gasteiger partial charge is 0.244 e. The van der Waals surface area contributed by atoms with Crippen molar-refractivity contribution >= 4 is 15.9 Å². The van der Waals surface area contributed by atoms with Crippen LogP contribution in [0.25, 0.3) is 0 Å². The van der Waals surface area contributed by atoms with E-state index in [0.29, 0.717) is 0 Å². The van der Waals surface area contributed by atoms with Crippen LogP contribution in [0, 0.1) is 17.7 Å². The highest BCUT2D eigenvalue weighted by Crippen LogP contribution is 2.20. The summed E-state index contributed by atoms with van der Waals surface area (Å²) in [5, 5.41) is 0. The van der Waals surface area contributed by atoms with E-state index >= 15 is 0 Å². The Morgan fingerprint density at radius 3 is 2.62 bits per heavy atom. The fourth-order valence-corrected chi connectivity index (χ4v) is 3.19. The highest BCUT2D eigenvalue weighted by atomic mass is 32.2. The number of benzene rings is 1. The Hall–Kier alpha value is -1.95. The molecular formula is C13H16FN3O3S. The van der Waals surface area contributed by atoms with Gasteiger partial charge in [0.25, 0.3) is 0 Å². The number of primary amides is 1. The van der Waals surface area contributed by atoms with Gasteiger partial charge in [0.1, 0.15) is 5.82 Å². The highest BCUT2D eigenvalue weighted by molar-refractivity contribution is 7.89. The number of sulfonamides is 1. The van der Waals surface area contributed by atoms with Gasteiger partial charge in [-0.05, 0) is 18.2 Å². The topological polar surface area (TPSA) is 106 Å². The first-order valence-corrected chi connectivity index (χ1v) is 7.53. The molecule has 0 aliphatic carbocycles. The molecule has 0 saturated carbocycles. The molecule has 6 nitrogen and oxygen atoms in total. The van der Waals surface area contributed by atoms with Crippen LogP contribution in [0.15, 0.2) is 23.1 Å². The van der Waals surface area contributed by atoms with Crippen LogP contribution in [0.1, 0.15) is 12.5 Å². The largest absolute Gasteiger partial charge is 0.369 e. The number of hydrogen-bond acceptors (Lipinski definition) is 4. The van der Waals surface area contributed by atoms with Gasteiger partial charge in [0.15, 0.2) is 0 Å². The number of likely N-dealkylation sites (N-methyl/N-ethyl adjacent to an activating group) is 1. The second kappa shape index (κ2) is 7.17. The SMILES string of the molecule is CCN(CC(N)=O)S(=O)(=O)c1ccc(F)cc1C#CCN. The first-order chi connectivity index (χ1) is 9.82. The van der Waals surface area contributed by atoms with E-state index in [9.17, 15) is 17.6 Å². The summed E-state index contributed by atoms with van der Waals surface area (Å²) in [5.41, 5.74) is 10.3. The fourth-order valence-electron chi connectivity index (χ4n) is 1.65. The number of halogens is 1. The molecule has 0 aliphatic rings. The second-order valence-electron chi connectivity index (χ2n) is 4.04. The van der Waals surface area contributed by atoms with Gasteiger partial charge in [0.05, 0.1) is 18.0 Å². The summed E-state index contributed by atoms with van der Waals surface area (Å²) in [4.78, 5) is 10.8. The first-order valence-electron chi connectivity index (χ1n) is 6.09. The van der Waals surface area contributed by atoms with Crippen molar-refractivity contribution < 1.29 is 17.6 Å². The van der Waals surface area contributed by atoms with E-state index in [2.05, 4.69) is 11.8 Å². The molecule has 0 atom stereocenters. The fraction of sp³-hybridized carbons (Fsp3) is 0.308. The molecule has 4 N–H and O–H groups in total. The van der Waals surface area contributed by atoms with Crippen LogP contribution in [0.4, 0.5) is 4.39 Å². The van der Waals surface area contributed by atoms with Crippen molar-refractivity contribution in [1.82, 2.24) is 4.31 Å². The van der Waals surface area contributed by atoms with Gasteiger partial charge >= 0.3 is 0 Å². The molecule has 0 bridgehead atoms. The Kier molecular flexibility index (Phi) is 5.84. The van der Waals surface area contributed by atoms with Crippen molar-refractivity contribution in [2.45, 2.75) is 11.8 Å². The lowest BCUT2D eigenvalue weighted by molar-refractivity contribution is -0.118. The summed E-state index contributed by atoms with van der Waals surface area (Å²) in [6, 6.07) is 3.13. The maximum atomic E-state index is 13.3. The molecule has 1 amide bonds. The molecule has 1 rings (SSSR count). The molecule has 0 spiro atoms. The average Bonchev–Trinajstić information content (AvgIpc) is 2.41. The van der Waals surface area contributed by atoms with Crippen LogP contribution in [0.5, 0.6) is 0 Å². The predicted octanol–water partition coefficient (Wildman–Crippen LogP) is -0.368. The third-order valence-corrected chi connectivity index (χ3v) is 4.55. The molecular weight excluding hydrogens is 297 g/mol. The molecule has 0 aromatic heterocycles. The lowest BCUT2D eigenvalue weighted by atomic mass is 10.2. The highest BCUT2D eigenvalue weighted by Gasteiger charge is 2.26. The number of nitrogens with two attached hydrogens (primary N) is 2. The Morgan fingerprint density at radius 1 is 1.43 bits per heavy atom. The number of rotatable bonds is 5. The number of carbonyl (C=O) groups excluding carboxylic acids is 1. The number of amides is 1. The lowest BCUT2D eigenvalue weighted by Crippen LogP contribution is -2.38. The van der Waals surface area contributed by atoms with Gasteiger partial charge in [-0.15, -0.1) is 0 Å². The Morgan fingerprint density at radius 2 is 2.10 bits per heavy atom. The summed E-state index contributed by atoms with van der Waals surface area (Å²) in [7, 11) is -4.00. The molecule has 0 aliphatic heterocycles. The van der Waals surface area contributed by atoms with Gasteiger partial charge in [0.2, 0.25) is 15.9 Å². The standard InChI is InChI=1S/C13H16FN3O3S/c1-2-17(9-13(16)18)21(19,20)12-6-5-11(14)8-10(12)4-3-7-15/h5-6,8H,2,7,9,15H2,1H3,(H2,16,18). The number of nitrogens with zero attached hydrogens (tertiary/aromatic N) is 1. The monoisotopic (exact) mass is 313 g/mol. The van der Waals surface area contributed by atoms with Gasteiger partial charge in [-0.1, -0.05) is 18.8 Å². The average molecular weight is 313 g/mol. The van der Waals surface area contributed by atoms with Gasteiger partial charge in [0, 0.05) is 12.1 Å². The summed E-state index contributed by atoms with van der Waals surface area (Å²) in [6.07, 6.45) is 0. The van der Waals surface area contributed by atoms with Gasteiger partial charge < -0.3 is 11.5 Å². The van der Waals surface area contributed by atoms with Gasteiger partial charge in [-0.25, -0.2) is 12.8 Å². The van der Waals surface area contributed by atoms with Crippen molar-refractivity contribution in [2.24, 2.45) is 11.5 Å². The normalized spacial score (nSPS) is 11.0. The van der Waals surface area contributed by atoms with Crippen molar-refractivity contribution in [3.8, 4) is 11.8 Å². The molecule has 1 aromatic carbocycles. The predicted molar refractivity (Wildman–Crippen MR) is 76.0 cm³/mol. The first kappa shape index (κ1) is 17.1. The van der Waals surface area contributed by atoms with Gasteiger partial charge in [-0.2, -0.15) is 4.31 Å². The van der Waals surface area contributed by atoms with Crippen molar-refractivity contribution in [3.63, 3.8) is 0 Å². The van der Waals surface area contributed by atoms with E-state index in [1.54, 1.807) is 6.92 Å². The summed E-state index contributed by atoms with van der Waals surface area (Å²) in [5.74, 6) is 3.60. The van der Waals surface area contributed by atoms with Crippen LogP contribution in [0.2, 0.25) is 0 Å². The van der Waals surface area contributed by atoms with Crippen LogP contribution in [0.3, 0.4) is 0 Å².